The minimum absolute atomic E-state index is 0.105. The molecule has 1 amide bonds. The standard InChI is InChI=1S/C29H31F2N7O2/c1-18(22-11-24(40-4)23(32-2)12-35-22)38-15-28(5-6-28)25-20(14-36-16-29(30,31)17-36)9-19(10-21(25)26(38)39)13-37-8-7-34-27(37)33-3/h7-12,18H,5-6,13-17H2,1,3-4H3,(H,33,34)/t18-/m0/s1. The van der Waals surface area contributed by atoms with Gasteiger partial charge in [-0.1, -0.05) is 6.07 Å². The number of likely N-dealkylation sites (tertiary alicyclic amines) is 1. The van der Waals surface area contributed by atoms with Crippen molar-refractivity contribution in [2.75, 3.05) is 39.1 Å². The van der Waals surface area contributed by atoms with Gasteiger partial charge in [0.1, 0.15) is 5.75 Å². The maximum Gasteiger partial charge on any atom is 0.272 e. The van der Waals surface area contributed by atoms with E-state index >= 15 is 0 Å². The minimum atomic E-state index is -2.66. The van der Waals surface area contributed by atoms with Crippen molar-refractivity contribution in [3.63, 3.8) is 0 Å². The van der Waals surface area contributed by atoms with E-state index in [1.807, 2.05) is 28.7 Å². The molecule has 1 atom stereocenters. The number of carbonyl (C=O) groups excluding carboxylic acids is 1. The van der Waals surface area contributed by atoms with E-state index in [-0.39, 0.29) is 30.5 Å². The van der Waals surface area contributed by atoms with Crippen LogP contribution in [0.5, 0.6) is 5.75 Å². The van der Waals surface area contributed by atoms with Crippen molar-refractivity contribution in [1.82, 2.24) is 24.3 Å². The van der Waals surface area contributed by atoms with Crippen molar-refractivity contribution in [3.05, 3.63) is 76.2 Å². The van der Waals surface area contributed by atoms with E-state index in [0.717, 1.165) is 29.5 Å². The van der Waals surface area contributed by atoms with Gasteiger partial charge in [-0.05, 0) is 48.6 Å². The highest BCUT2D eigenvalue weighted by molar-refractivity contribution is 5.99. The van der Waals surface area contributed by atoms with Crippen molar-refractivity contribution in [2.45, 2.75) is 50.2 Å². The number of hydrogen-bond acceptors (Lipinski definition) is 6. The summed E-state index contributed by atoms with van der Waals surface area (Å²) in [5, 5.41) is 3.07. The van der Waals surface area contributed by atoms with Crippen LogP contribution >= 0.6 is 0 Å². The molecule has 1 aliphatic carbocycles. The maximum atomic E-state index is 14.2. The van der Waals surface area contributed by atoms with Crippen molar-refractivity contribution >= 4 is 17.5 Å². The molecule has 6 rings (SSSR count). The van der Waals surface area contributed by atoms with Crippen LogP contribution in [0.25, 0.3) is 4.85 Å². The Kier molecular flexibility index (Phi) is 6.26. The number of imidazole rings is 1. The first-order chi connectivity index (χ1) is 19.2. The van der Waals surface area contributed by atoms with Gasteiger partial charge in [-0.25, -0.2) is 18.6 Å². The molecule has 0 radical (unpaired) electrons. The zero-order chi connectivity index (χ0) is 28.2. The number of nitrogens with one attached hydrogen (secondary N) is 1. The number of halogens is 2. The third-order valence-corrected chi connectivity index (χ3v) is 8.33. The molecule has 2 fully saturated rings. The summed E-state index contributed by atoms with van der Waals surface area (Å²) in [6.07, 6.45) is 6.92. The van der Waals surface area contributed by atoms with Gasteiger partial charge in [0.05, 0.1) is 45.1 Å². The summed E-state index contributed by atoms with van der Waals surface area (Å²) >= 11 is 0. The Bertz CT molecular complexity index is 1520. The Balaban J connectivity index is 1.40. The Hall–Kier alpha value is -4.04. The summed E-state index contributed by atoms with van der Waals surface area (Å²) in [6.45, 7) is 10.1. The number of anilines is 1. The molecule has 0 bridgehead atoms. The molecule has 40 heavy (non-hydrogen) atoms. The van der Waals surface area contributed by atoms with Crippen LogP contribution in [0.1, 0.15) is 58.5 Å². The fraction of sp³-hybridized carbons (Fsp3) is 0.448. The Labute approximate surface area is 231 Å². The molecule has 11 heteroatoms. The molecule has 1 saturated heterocycles. The smallest absolute Gasteiger partial charge is 0.272 e. The third-order valence-electron chi connectivity index (χ3n) is 8.33. The number of rotatable bonds is 8. The second kappa shape index (κ2) is 9.55. The summed E-state index contributed by atoms with van der Waals surface area (Å²) in [6, 6.07) is 5.42. The number of ether oxygens (including phenoxy) is 1. The van der Waals surface area contributed by atoms with Crippen LogP contribution in [0.15, 0.2) is 36.8 Å². The molecular formula is C29H31F2N7O2. The number of methoxy groups -OCH3 is 1. The Morgan fingerprint density at radius 1 is 1.18 bits per heavy atom. The second-order valence-corrected chi connectivity index (χ2v) is 11.1. The lowest BCUT2D eigenvalue weighted by molar-refractivity contribution is -0.134. The normalized spacial score (nSPS) is 19.5. The van der Waals surface area contributed by atoms with Gasteiger partial charge < -0.3 is 19.5 Å². The molecule has 3 aliphatic rings. The number of carbonyl (C=O) groups is 1. The third kappa shape index (κ3) is 4.46. The SMILES string of the molecule is [C-]#[N+]c1cnc([C@H](C)N2CC3(CC3)c3c(CN4CC(F)(F)C4)cc(Cn4ccnc4NC)cc3C2=O)cc1OC. The van der Waals surface area contributed by atoms with E-state index in [1.54, 1.807) is 24.2 Å². The summed E-state index contributed by atoms with van der Waals surface area (Å²) < 4.78 is 34.8. The molecule has 1 saturated carbocycles. The number of hydrogen-bond donors (Lipinski definition) is 1. The van der Waals surface area contributed by atoms with Crippen molar-refractivity contribution in [1.29, 1.82) is 0 Å². The zero-order valence-corrected chi connectivity index (χ0v) is 22.7. The van der Waals surface area contributed by atoms with Crippen molar-refractivity contribution < 1.29 is 18.3 Å². The molecule has 9 nitrogen and oxygen atoms in total. The topological polar surface area (TPSA) is 79.9 Å². The molecule has 3 aromatic rings. The Morgan fingerprint density at radius 2 is 1.95 bits per heavy atom. The number of nitrogens with zero attached hydrogens (tertiary/aromatic N) is 6. The highest BCUT2D eigenvalue weighted by Crippen LogP contribution is 2.55. The average Bonchev–Trinajstić information content (AvgIpc) is 3.55. The average molecular weight is 548 g/mol. The van der Waals surface area contributed by atoms with Gasteiger partial charge in [0.2, 0.25) is 11.6 Å². The zero-order valence-electron chi connectivity index (χ0n) is 22.7. The lowest BCUT2D eigenvalue weighted by Gasteiger charge is -2.42. The molecule has 2 aromatic heterocycles. The van der Waals surface area contributed by atoms with Gasteiger partial charge >= 0.3 is 0 Å². The number of amides is 1. The van der Waals surface area contributed by atoms with Crippen LogP contribution in [-0.4, -0.2) is 70.0 Å². The van der Waals surface area contributed by atoms with Crippen LogP contribution in [0.3, 0.4) is 0 Å². The molecule has 208 valence electrons. The van der Waals surface area contributed by atoms with Crippen LogP contribution in [-0.2, 0) is 18.5 Å². The van der Waals surface area contributed by atoms with E-state index < -0.39 is 5.92 Å². The second-order valence-electron chi connectivity index (χ2n) is 11.1. The van der Waals surface area contributed by atoms with Crippen LogP contribution in [0.2, 0.25) is 0 Å². The molecule has 1 N–H and O–H groups in total. The number of alkyl halides is 2. The van der Waals surface area contributed by atoms with E-state index in [2.05, 4.69) is 26.2 Å². The molecule has 2 aliphatic heterocycles. The molecule has 0 unspecified atom stereocenters. The van der Waals surface area contributed by atoms with Gasteiger partial charge in [0.25, 0.3) is 11.8 Å². The minimum Gasteiger partial charge on any atom is -0.508 e. The lowest BCUT2D eigenvalue weighted by atomic mass is 9.80. The monoisotopic (exact) mass is 547 g/mol. The van der Waals surface area contributed by atoms with Gasteiger partial charge in [0.15, 0.2) is 0 Å². The maximum absolute atomic E-state index is 14.2. The van der Waals surface area contributed by atoms with Gasteiger partial charge in [0, 0.05) is 49.7 Å². The summed E-state index contributed by atoms with van der Waals surface area (Å²) in [7, 11) is 3.31. The van der Waals surface area contributed by atoms with E-state index in [0.29, 0.717) is 48.3 Å². The van der Waals surface area contributed by atoms with E-state index in [9.17, 15) is 13.6 Å². The Morgan fingerprint density at radius 3 is 2.60 bits per heavy atom. The van der Waals surface area contributed by atoms with Crippen LogP contribution in [0, 0.1) is 6.57 Å². The fourth-order valence-corrected chi connectivity index (χ4v) is 6.19. The molecule has 1 spiro atoms. The molecular weight excluding hydrogens is 516 g/mol. The number of benzene rings is 1. The summed E-state index contributed by atoms with van der Waals surface area (Å²) in [4.78, 5) is 30.1. The first-order valence-electron chi connectivity index (χ1n) is 13.3. The molecule has 4 heterocycles. The van der Waals surface area contributed by atoms with Crippen molar-refractivity contribution in [2.24, 2.45) is 0 Å². The summed E-state index contributed by atoms with van der Waals surface area (Å²) in [5.74, 6) is -1.64. The predicted molar refractivity (Wildman–Crippen MR) is 145 cm³/mol. The highest BCUT2D eigenvalue weighted by atomic mass is 19.3. The lowest BCUT2D eigenvalue weighted by Crippen LogP contribution is -2.55. The fourth-order valence-electron chi connectivity index (χ4n) is 6.19. The van der Waals surface area contributed by atoms with E-state index in [1.165, 1.54) is 13.3 Å². The highest BCUT2D eigenvalue weighted by Gasteiger charge is 2.54. The van der Waals surface area contributed by atoms with Crippen LogP contribution < -0.4 is 10.1 Å². The van der Waals surface area contributed by atoms with E-state index in [4.69, 9.17) is 11.3 Å². The number of pyridine rings is 1. The largest absolute Gasteiger partial charge is 0.508 e. The quantitative estimate of drug-likeness (QED) is 0.415. The number of aromatic nitrogens is 3. The predicted octanol–water partition coefficient (Wildman–Crippen LogP) is 4.63. The van der Waals surface area contributed by atoms with Gasteiger partial charge in [-0.15, -0.1) is 0 Å². The first-order valence-corrected chi connectivity index (χ1v) is 13.3. The summed E-state index contributed by atoms with van der Waals surface area (Å²) in [5.41, 5.74) is 4.26. The first kappa shape index (κ1) is 26.2. The van der Waals surface area contributed by atoms with Crippen molar-refractivity contribution in [3.8, 4) is 5.75 Å². The molecule has 1 aromatic carbocycles. The number of fused-ring (bicyclic) bond motifs is 2. The van der Waals surface area contributed by atoms with Gasteiger partial charge in [-0.2, -0.15) is 0 Å². The van der Waals surface area contributed by atoms with Crippen LogP contribution in [0.4, 0.5) is 20.4 Å². The van der Waals surface area contributed by atoms with Gasteiger partial charge in [-0.3, -0.25) is 14.7 Å².